The van der Waals surface area contributed by atoms with Crippen molar-refractivity contribution in [3.63, 3.8) is 0 Å². The minimum absolute atomic E-state index is 0.000694. The number of halogens is 2. The first kappa shape index (κ1) is 10.8. The molecule has 0 unspecified atom stereocenters. The summed E-state index contributed by atoms with van der Waals surface area (Å²) in [5.41, 5.74) is 1.39. The lowest BCUT2D eigenvalue weighted by Crippen LogP contribution is -2.19. The Bertz CT molecular complexity index is 551. The lowest BCUT2D eigenvalue weighted by Gasteiger charge is -2.02. The topological polar surface area (TPSA) is 34.4 Å². The van der Waals surface area contributed by atoms with E-state index in [0.717, 1.165) is 15.4 Å². The van der Waals surface area contributed by atoms with Crippen LogP contribution in [0, 0.1) is 0 Å². The molecule has 78 valence electrons. The summed E-state index contributed by atoms with van der Waals surface area (Å²) in [5.74, 6) is 0. The van der Waals surface area contributed by atoms with E-state index in [0.29, 0.717) is 12.1 Å². The molecule has 2 aromatic rings. The number of alkyl halides is 1. The summed E-state index contributed by atoms with van der Waals surface area (Å²) in [6.07, 6.45) is 4.08. The van der Waals surface area contributed by atoms with Crippen LogP contribution in [0.5, 0.6) is 0 Å². The third-order valence-corrected chi connectivity index (χ3v) is 2.97. The van der Waals surface area contributed by atoms with Crippen LogP contribution in [0.3, 0.4) is 0 Å². The van der Waals surface area contributed by atoms with E-state index < -0.39 is 0 Å². The number of nitrogens with zero attached hydrogens (tertiary/aromatic N) is 2. The number of hydrogen-bond donors (Lipinski definition) is 0. The molecule has 2 rings (SSSR count). The van der Waals surface area contributed by atoms with Crippen molar-refractivity contribution in [2.24, 2.45) is 0 Å². The van der Waals surface area contributed by atoms with E-state index in [1.165, 1.54) is 0 Å². The zero-order valence-electron chi connectivity index (χ0n) is 7.78. The van der Waals surface area contributed by atoms with Crippen molar-refractivity contribution in [2.75, 3.05) is 5.33 Å². The van der Waals surface area contributed by atoms with Crippen LogP contribution in [0.2, 0.25) is 0 Å². The van der Waals surface area contributed by atoms with Gasteiger partial charge in [0.05, 0.1) is 0 Å². The number of fused-ring (bicyclic) bond motifs is 1. The maximum atomic E-state index is 12.0. The van der Waals surface area contributed by atoms with E-state index in [-0.39, 0.29) is 5.56 Å². The molecular formula is C10H8Br2N2O. The Balaban J connectivity index is 2.71. The molecule has 0 N–H and O–H groups in total. The summed E-state index contributed by atoms with van der Waals surface area (Å²) in [6, 6.07) is 3.68. The van der Waals surface area contributed by atoms with E-state index in [1.54, 1.807) is 16.8 Å². The van der Waals surface area contributed by atoms with Crippen molar-refractivity contribution in [1.29, 1.82) is 0 Å². The zero-order valence-corrected chi connectivity index (χ0v) is 11.0. The fourth-order valence-corrected chi connectivity index (χ4v) is 2.13. The molecule has 0 radical (unpaired) electrons. The van der Waals surface area contributed by atoms with Crippen LogP contribution in [0.15, 0.2) is 33.8 Å². The Morgan fingerprint density at radius 2 is 2.20 bits per heavy atom. The Kier molecular flexibility index (Phi) is 3.21. The fourth-order valence-electron chi connectivity index (χ4n) is 1.36. The normalized spacial score (nSPS) is 10.8. The first-order valence-corrected chi connectivity index (χ1v) is 6.35. The molecule has 0 fully saturated rings. The lowest BCUT2D eigenvalue weighted by molar-refractivity contribution is 0.970. The average Bonchev–Trinajstić information content (AvgIpc) is 2.23. The van der Waals surface area contributed by atoms with Crippen molar-refractivity contribution in [1.82, 2.24) is 9.38 Å². The van der Waals surface area contributed by atoms with Gasteiger partial charge in [-0.1, -0.05) is 15.9 Å². The molecule has 0 amide bonds. The Morgan fingerprint density at radius 3 is 2.93 bits per heavy atom. The average molecular weight is 332 g/mol. The standard InChI is InChI=1S/C10H8Br2N2O/c11-4-3-7-5-13-9-2-1-8(12)6-14(9)10(7)15/h1-2,5-6H,3-4H2. The fraction of sp³-hybridized carbons (Fsp3) is 0.200. The largest absolute Gasteiger partial charge is 0.269 e. The van der Waals surface area contributed by atoms with Gasteiger partial charge in [-0.2, -0.15) is 0 Å². The van der Waals surface area contributed by atoms with Crippen LogP contribution < -0.4 is 5.56 Å². The molecule has 0 aliphatic carbocycles. The quantitative estimate of drug-likeness (QED) is 0.792. The number of hydrogen-bond acceptors (Lipinski definition) is 2. The molecule has 2 aromatic heterocycles. The van der Waals surface area contributed by atoms with Gasteiger partial charge in [0, 0.05) is 27.8 Å². The molecule has 0 aromatic carbocycles. The Labute approximate surface area is 103 Å². The van der Waals surface area contributed by atoms with Crippen LogP contribution in [0.1, 0.15) is 5.56 Å². The van der Waals surface area contributed by atoms with Crippen molar-refractivity contribution >= 4 is 37.5 Å². The number of pyridine rings is 1. The zero-order chi connectivity index (χ0) is 10.8. The van der Waals surface area contributed by atoms with Crippen molar-refractivity contribution in [3.8, 4) is 0 Å². The van der Waals surface area contributed by atoms with Crippen LogP contribution in [0.25, 0.3) is 5.65 Å². The van der Waals surface area contributed by atoms with Crippen LogP contribution in [0.4, 0.5) is 0 Å². The molecule has 0 aliphatic rings. The smallest absolute Gasteiger partial charge is 0.261 e. The van der Waals surface area contributed by atoms with Gasteiger partial charge in [-0.25, -0.2) is 4.98 Å². The highest BCUT2D eigenvalue weighted by Gasteiger charge is 2.03. The van der Waals surface area contributed by atoms with E-state index in [9.17, 15) is 4.79 Å². The molecule has 15 heavy (non-hydrogen) atoms. The molecular weight excluding hydrogens is 324 g/mol. The monoisotopic (exact) mass is 330 g/mol. The highest BCUT2D eigenvalue weighted by Crippen LogP contribution is 2.09. The molecule has 0 saturated heterocycles. The predicted molar refractivity (Wildman–Crippen MR) is 66.7 cm³/mol. The molecule has 0 aliphatic heterocycles. The summed E-state index contributed by atoms with van der Waals surface area (Å²) in [4.78, 5) is 16.2. The second kappa shape index (κ2) is 4.45. The summed E-state index contributed by atoms with van der Waals surface area (Å²) in [6.45, 7) is 0. The first-order chi connectivity index (χ1) is 7.22. The van der Waals surface area contributed by atoms with Gasteiger partial charge in [-0.15, -0.1) is 0 Å². The maximum Gasteiger partial charge on any atom is 0.261 e. The number of aromatic nitrogens is 2. The molecule has 0 atom stereocenters. The summed E-state index contributed by atoms with van der Waals surface area (Å²) in [7, 11) is 0. The van der Waals surface area contributed by atoms with Crippen LogP contribution in [-0.4, -0.2) is 14.7 Å². The minimum Gasteiger partial charge on any atom is -0.269 e. The van der Waals surface area contributed by atoms with Gasteiger partial charge in [0.15, 0.2) is 0 Å². The van der Waals surface area contributed by atoms with Crippen molar-refractivity contribution in [3.05, 3.63) is 44.9 Å². The molecule has 0 saturated carbocycles. The van der Waals surface area contributed by atoms with Crippen LogP contribution >= 0.6 is 31.9 Å². The van der Waals surface area contributed by atoms with Crippen molar-refractivity contribution < 1.29 is 0 Å². The predicted octanol–water partition coefficient (Wildman–Crippen LogP) is 2.39. The first-order valence-electron chi connectivity index (χ1n) is 4.44. The van der Waals surface area contributed by atoms with E-state index >= 15 is 0 Å². The second-order valence-corrected chi connectivity index (χ2v) is 4.81. The second-order valence-electron chi connectivity index (χ2n) is 3.10. The third-order valence-electron chi connectivity index (χ3n) is 2.10. The van der Waals surface area contributed by atoms with E-state index in [1.807, 2.05) is 12.1 Å². The third kappa shape index (κ3) is 2.13. The number of aryl methyl sites for hydroxylation is 1. The maximum absolute atomic E-state index is 12.0. The van der Waals surface area contributed by atoms with Crippen molar-refractivity contribution in [2.45, 2.75) is 6.42 Å². The van der Waals surface area contributed by atoms with Gasteiger partial charge in [0.1, 0.15) is 5.65 Å². The molecule has 2 heterocycles. The highest BCUT2D eigenvalue weighted by molar-refractivity contribution is 9.10. The van der Waals surface area contributed by atoms with Gasteiger partial charge < -0.3 is 0 Å². The molecule has 0 bridgehead atoms. The highest BCUT2D eigenvalue weighted by atomic mass is 79.9. The number of rotatable bonds is 2. The molecule has 3 nitrogen and oxygen atoms in total. The molecule has 5 heteroatoms. The van der Waals surface area contributed by atoms with Gasteiger partial charge in [0.2, 0.25) is 0 Å². The van der Waals surface area contributed by atoms with E-state index in [4.69, 9.17) is 0 Å². The Hall–Kier alpha value is -0.680. The molecule has 0 spiro atoms. The summed E-state index contributed by atoms with van der Waals surface area (Å²) < 4.78 is 2.43. The van der Waals surface area contributed by atoms with Gasteiger partial charge in [0.25, 0.3) is 5.56 Å². The summed E-state index contributed by atoms with van der Waals surface area (Å²) >= 11 is 6.65. The summed E-state index contributed by atoms with van der Waals surface area (Å²) in [5, 5.41) is 0.768. The minimum atomic E-state index is 0.000694. The van der Waals surface area contributed by atoms with Gasteiger partial charge in [-0.05, 0) is 34.5 Å². The van der Waals surface area contributed by atoms with Gasteiger partial charge in [-0.3, -0.25) is 9.20 Å². The van der Waals surface area contributed by atoms with Crippen LogP contribution in [-0.2, 0) is 6.42 Å². The van der Waals surface area contributed by atoms with Gasteiger partial charge >= 0.3 is 0 Å². The lowest BCUT2D eigenvalue weighted by atomic mass is 10.2. The van der Waals surface area contributed by atoms with E-state index in [2.05, 4.69) is 36.8 Å². The Morgan fingerprint density at radius 1 is 1.40 bits per heavy atom. The SMILES string of the molecule is O=c1c(CCBr)cnc2ccc(Br)cn12.